The summed E-state index contributed by atoms with van der Waals surface area (Å²) >= 11 is 4.49. The Hall–Kier alpha value is -2.32. The first-order valence-corrected chi connectivity index (χ1v) is 16.7. The molecule has 2 aromatic rings. The number of nitrogens with zero attached hydrogens (tertiary/aromatic N) is 1. The second kappa shape index (κ2) is 15.3. The first-order chi connectivity index (χ1) is 21.3. The molecule has 0 spiro atoms. The van der Waals surface area contributed by atoms with Gasteiger partial charge in [-0.1, -0.05) is 51.5 Å². The van der Waals surface area contributed by atoms with E-state index in [0.29, 0.717) is 37.9 Å². The number of rotatable bonds is 11. The number of thiocarbonyl (C=S) groups is 1. The third-order valence-corrected chi connectivity index (χ3v) is 10.1. The first-order valence-electron chi connectivity index (χ1n) is 16.2. The fourth-order valence-corrected chi connectivity index (χ4v) is 7.38. The molecule has 0 bridgehead atoms. The van der Waals surface area contributed by atoms with Crippen LogP contribution in [0, 0.1) is 41.2 Å². The lowest BCUT2D eigenvalue weighted by atomic mass is 9.74. The minimum absolute atomic E-state index is 0.0187. The van der Waals surface area contributed by atoms with Crippen molar-refractivity contribution in [2.75, 3.05) is 13.2 Å². The van der Waals surface area contributed by atoms with E-state index in [2.05, 4.69) is 29.3 Å². The Morgan fingerprint density at radius 1 is 0.864 bits per heavy atom. The van der Waals surface area contributed by atoms with E-state index in [1.165, 1.54) is 75.6 Å². The lowest BCUT2D eigenvalue weighted by Gasteiger charge is -2.41. The summed E-state index contributed by atoms with van der Waals surface area (Å²) in [6, 6.07) is 7.42. The van der Waals surface area contributed by atoms with Crippen LogP contribution in [0.2, 0.25) is 0 Å². The first kappa shape index (κ1) is 33.1. The zero-order valence-electron chi connectivity index (χ0n) is 25.4. The summed E-state index contributed by atoms with van der Waals surface area (Å²) < 4.78 is 76.8. The average molecular weight is 634 g/mol. The molecule has 1 aliphatic heterocycles. The van der Waals surface area contributed by atoms with Gasteiger partial charge in [0.15, 0.2) is 6.29 Å². The summed E-state index contributed by atoms with van der Waals surface area (Å²) in [5.74, 6) is -0.727. The summed E-state index contributed by atoms with van der Waals surface area (Å²) in [6.07, 6.45) is 8.29. The molecule has 1 heterocycles. The molecule has 0 amide bonds. The van der Waals surface area contributed by atoms with Crippen molar-refractivity contribution in [1.82, 2.24) is 0 Å². The predicted octanol–water partition coefficient (Wildman–Crippen LogP) is 10.5. The molecule has 3 aliphatic rings. The fourth-order valence-electron chi connectivity index (χ4n) is 7.28. The Bertz CT molecular complexity index is 1280. The maximum atomic E-state index is 15.2. The fraction of sp³-hybridized carbons (Fsp3) is 0.629. The summed E-state index contributed by atoms with van der Waals surface area (Å²) in [5, 5.41) is 2.08. The normalized spacial score (nSPS) is 27.8. The van der Waals surface area contributed by atoms with Crippen LogP contribution >= 0.6 is 12.2 Å². The van der Waals surface area contributed by atoms with Gasteiger partial charge in [0.25, 0.3) is 0 Å². The van der Waals surface area contributed by atoms with Crippen LogP contribution < -0.4 is 4.74 Å². The van der Waals surface area contributed by atoms with Crippen LogP contribution in [-0.4, -0.2) is 30.8 Å². The zero-order valence-corrected chi connectivity index (χ0v) is 26.2. The Balaban J connectivity index is 1.07. The minimum Gasteiger partial charge on any atom is -0.432 e. The van der Waals surface area contributed by atoms with Gasteiger partial charge in [-0.3, -0.25) is 0 Å². The maximum Gasteiger partial charge on any atom is 0.400 e. The monoisotopic (exact) mass is 633 g/mol. The molecule has 240 valence electrons. The third-order valence-electron chi connectivity index (χ3n) is 9.97. The van der Waals surface area contributed by atoms with E-state index < -0.39 is 23.7 Å². The van der Waals surface area contributed by atoms with E-state index >= 15 is 8.78 Å². The highest BCUT2D eigenvalue weighted by atomic mass is 32.1. The van der Waals surface area contributed by atoms with Crippen molar-refractivity contribution in [3.05, 3.63) is 48.0 Å². The number of benzene rings is 2. The third kappa shape index (κ3) is 8.28. The Morgan fingerprint density at radius 3 is 2.20 bits per heavy atom. The van der Waals surface area contributed by atoms with Gasteiger partial charge in [-0.2, -0.15) is 13.8 Å². The predicted molar refractivity (Wildman–Crippen MR) is 166 cm³/mol. The van der Waals surface area contributed by atoms with Gasteiger partial charge in [0.2, 0.25) is 0 Å². The summed E-state index contributed by atoms with van der Waals surface area (Å²) in [7, 11) is 0. The van der Waals surface area contributed by atoms with Crippen molar-refractivity contribution in [3.63, 3.8) is 0 Å². The van der Waals surface area contributed by atoms with Crippen molar-refractivity contribution in [2.24, 2.45) is 34.6 Å². The number of hydrogen-bond acceptors (Lipinski definition) is 5. The van der Waals surface area contributed by atoms with E-state index in [1.54, 1.807) is 0 Å². The largest absolute Gasteiger partial charge is 0.432 e. The van der Waals surface area contributed by atoms with E-state index in [1.807, 2.05) is 0 Å². The van der Waals surface area contributed by atoms with Gasteiger partial charge in [-0.25, -0.2) is 8.78 Å². The molecule has 0 aromatic heterocycles. The SMILES string of the molecule is CCCCCC1CCC(C2COC(C3CCC(C(F)(F)Oc4ccc(-c5ccc(N=C=S)c(F)c5)c(F)c4)CC3)OC2)CC1. The zero-order chi connectivity index (χ0) is 31.1. The highest BCUT2D eigenvalue weighted by molar-refractivity contribution is 7.78. The topological polar surface area (TPSA) is 40.0 Å². The Kier molecular flexibility index (Phi) is 11.5. The molecule has 0 N–H and O–H groups in total. The van der Waals surface area contributed by atoms with Crippen LogP contribution in [0.15, 0.2) is 41.4 Å². The van der Waals surface area contributed by atoms with Gasteiger partial charge in [-0.05, 0) is 92.4 Å². The van der Waals surface area contributed by atoms with Crippen LogP contribution in [0.5, 0.6) is 5.75 Å². The van der Waals surface area contributed by atoms with E-state index in [4.69, 9.17) is 14.2 Å². The van der Waals surface area contributed by atoms with Crippen molar-refractivity contribution < 1.29 is 31.8 Å². The second-order valence-corrected chi connectivity index (χ2v) is 13.0. The molecule has 1 saturated heterocycles. The van der Waals surface area contributed by atoms with Crippen LogP contribution in [-0.2, 0) is 9.47 Å². The number of ether oxygens (including phenoxy) is 3. The van der Waals surface area contributed by atoms with Crippen molar-refractivity contribution >= 4 is 23.1 Å². The van der Waals surface area contributed by atoms with Crippen LogP contribution in [0.3, 0.4) is 0 Å². The number of unbranched alkanes of at least 4 members (excludes halogenated alkanes) is 2. The molecule has 9 heteroatoms. The van der Waals surface area contributed by atoms with Gasteiger partial charge in [0.1, 0.15) is 23.1 Å². The molecule has 5 rings (SSSR count). The van der Waals surface area contributed by atoms with Crippen LogP contribution in [0.25, 0.3) is 11.1 Å². The number of isothiocyanates is 1. The van der Waals surface area contributed by atoms with Crippen molar-refractivity contribution in [1.29, 1.82) is 0 Å². The lowest BCUT2D eigenvalue weighted by Crippen LogP contribution is -2.43. The average Bonchev–Trinajstić information content (AvgIpc) is 3.03. The van der Waals surface area contributed by atoms with Gasteiger partial charge in [-0.15, -0.1) is 0 Å². The summed E-state index contributed by atoms with van der Waals surface area (Å²) in [6.45, 7) is 3.63. The van der Waals surface area contributed by atoms with Crippen molar-refractivity contribution in [2.45, 2.75) is 96.4 Å². The van der Waals surface area contributed by atoms with Crippen molar-refractivity contribution in [3.8, 4) is 16.9 Å². The molecule has 2 aromatic carbocycles. The van der Waals surface area contributed by atoms with E-state index in [0.717, 1.165) is 18.1 Å². The Morgan fingerprint density at radius 2 is 1.57 bits per heavy atom. The highest BCUT2D eigenvalue weighted by Crippen LogP contribution is 2.44. The number of halogens is 4. The number of aliphatic imine (C=N–C) groups is 1. The molecular formula is C35H43F4NO3S. The summed E-state index contributed by atoms with van der Waals surface area (Å²) in [4.78, 5) is 3.60. The molecular weight excluding hydrogens is 590 g/mol. The molecule has 2 aliphatic carbocycles. The maximum absolute atomic E-state index is 15.2. The standard InChI is InChI=1S/C35H43F4NO3S/c1-2-3-4-5-23-6-8-24(9-7-23)27-20-41-34(42-21-27)25-10-13-28(14-11-25)35(38,39)43-29-15-16-30(31(36)19-29)26-12-17-33(40-22-44)32(37)18-26/h12,15-19,23-25,27-28,34H,2-11,13-14,20-21H2,1H3. The molecule has 0 atom stereocenters. The van der Waals surface area contributed by atoms with Gasteiger partial charge >= 0.3 is 6.11 Å². The Labute approximate surface area is 263 Å². The van der Waals surface area contributed by atoms with Gasteiger partial charge < -0.3 is 14.2 Å². The smallest absolute Gasteiger partial charge is 0.400 e. The van der Waals surface area contributed by atoms with E-state index in [9.17, 15) is 8.78 Å². The van der Waals surface area contributed by atoms with Gasteiger partial charge in [0, 0.05) is 23.5 Å². The number of alkyl halides is 2. The van der Waals surface area contributed by atoms with E-state index in [-0.39, 0.29) is 47.6 Å². The molecule has 0 radical (unpaired) electrons. The van der Waals surface area contributed by atoms with Crippen LogP contribution in [0.1, 0.15) is 84.0 Å². The summed E-state index contributed by atoms with van der Waals surface area (Å²) in [5.41, 5.74) is 0.279. The van der Waals surface area contributed by atoms with Crippen LogP contribution in [0.4, 0.5) is 23.2 Å². The lowest BCUT2D eigenvalue weighted by molar-refractivity contribution is -0.251. The molecule has 2 saturated carbocycles. The molecule has 4 nitrogen and oxygen atoms in total. The molecule has 3 fully saturated rings. The molecule has 44 heavy (non-hydrogen) atoms. The quantitative estimate of drug-likeness (QED) is 0.107. The minimum atomic E-state index is -3.46. The number of hydrogen-bond donors (Lipinski definition) is 0. The highest BCUT2D eigenvalue weighted by Gasteiger charge is 2.46. The second-order valence-electron chi connectivity index (χ2n) is 12.9. The van der Waals surface area contributed by atoms with Gasteiger partial charge in [0.05, 0.1) is 24.3 Å². The molecule has 0 unspecified atom stereocenters.